The number of rotatable bonds is 9. The first kappa shape index (κ1) is 24.7. The summed E-state index contributed by atoms with van der Waals surface area (Å²) in [5, 5.41) is 8.59. The van der Waals surface area contributed by atoms with Gasteiger partial charge in [-0.3, -0.25) is 19.3 Å². The number of hydrogen-bond acceptors (Lipinski definition) is 8. The van der Waals surface area contributed by atoms with E-state index < -0.39 is 33.5 Å². The van der Waals surface area contributed by atoms with E-state index >= 15 is 0 Å². The molecule has 1 fully saturated rings. The molecule has 1 saturated heterocycles. The minimum absolute atomic E-state index is 0.0197. The van der Waals surface area contributed by atoms with Crippen LogP contribution in [0.15, 0.2) is 45.7 Å². The Hall–Kier alpha value is -2.91. The largest absolute Gasteiger partial charge is 0.460 e. The number of carbonyl (C=O) groups is 3. The molecule has 0 bridgehead atoms. The molecule has 1 aromatic carbocycles. The number of imide groups is 1. The highest BCUT2D eigenvalue weighted by Crippen LogP contribution is 2.32. The van der Waals surface area contributed by atoms with E-state index in [1.807, 2.05) is 6.07 Å². The van der Waals surface area contributed by atoms with Crippen LogP contribution < -0.4 is 0 Å². The summed E-state index contributed by atoms with van der Waals surface area (Å²) in [5.41, 5.74) is 0.324. The highest BCUT2D eigenvalue weighted by molar-refractivity contribution is 8.18. The fourth-order valence-electron chi connectivity index (χ4n) is 2.90. The Morgan fingerprint density at radius 2 is 1.94 bits per heavy atom. The number of amides is 2. The van der Waals surface area contributed by atoms with Crippen molar-refractivity contribution in [2.45, 2.75) is 13.0 Å². The number of thioether (sulfide) groups is 1. The van der Waals surface area contributed by atoms with Crippen molar-refractivity contribution in [2.24, 2.45) is 0 Å². The highest BCUT2D eigenvalue weighted by atomic mass is 35.5. The van der Waals surface area contributed by atoms with Gasteiger partial charge in [-0.15, -0.1) is 0 Å². The van der Waals surface area contributed by atoms with Crippen LogP contribution in [-0.4, -0.2) is 53.9 Å². The summed E-state index contributed by atoms with van der Waals surface area (Å²) in [6.07, 6.45) is 2.43. The van der Waals surface area contributed by atoms with Gasteiger partial charge >= 0.3 is 0 Å². The van der Waals surface area contributed by atoms with Gasteiger partial charge in [0.2, 0.25) is 10.0 Å². The van der Waals surface area contributed by atoms with Crippen molar-refractivity contribution in [3.8, 4) is 6.07 Å². The number of carbonyl (C=O) groups excluding carboxylic acids is 3. The molecule has 1 aliphatic rings. The fourth-order valence-corrected chi connectivity index (χ4v) is 4.63. The van der Waals surface area contributed by atoms with Crippen molar-refractivity contribution in [3.05, 3.63) is 63.4 Å². The fraction of sp³-hybridized carbons (Fsp3) is 0.238. The summed E-state index contributed by atoms with van der Waals surface area (Å²) in [6, 6.07) is 11.1. The van der Waals surface area contributed by atoms with Crippen LogP contribution in [0.1, 0.15) is 28.3 Å². The van der Waals surface area contributed by atoms with Crippen LogP contribution in [-0.2, 0) is 21.4 Å². The van der Waals surface area contributed by atoms with Gasteiger partial charge in [-0.1, -0.05) is 11.6 Å². The lowest BCUT2D eigenvalue weighted by molar-refractivity contribution is -0.122. The van der Waals surface area contributed by atoms with Crippen LogP contribution in [0, 0.1) is 11.3 Å². The summed E-state index contributed by atoms with van der Waals surface area (Å²) in [4.78, 5) is 38.3. The number of nitriles is 1. The molecular weight excluding hydrogens is 490 g/mol. The predicted molar refractivity (Wildman–Crippen MR) is 123 cm³/mol. The van der Waals surface area contributed by atoms with E-state index in [9.17, 15) is 22.8 Å². The normalized spacial score (nSPS) is 15.5. The lowest BCUT2D eigenvalue weighted by Gasteiger charge is -2.16. The average Bonchev–Trinajstić information content (AvgIpc) is 3.30. The van der Waals surface area contributed by atoms with Crippen molar-refractivity contribution in [1.29, 1.82) is 5.26 Å². The standard InChI is InChI=1S/C21H18ClN3O6S2/c1-33(29,30)24(10-2-9-23)12-17-8-7-16(31-17)11-19-20(27)25(21(28)32-19)13-18(26)14-3-5-15(22)6-4-14/h3-8,11H,2,10,12-13H2,1H3/b19-11-. The number of hydrogen-bond donors (Lipinski definition) is 0. The van der Waals surface area contributed by atoms with E-state index in [-0.39, 0.29) is 30.2 Å². The Morgan fingerprint density at radius 1 is 1.24 bits per heavy atom. The van der Waals surface area contributed by atoms with Gasteiger partial charge in [-0.25, -0.2) is 8.42 Å². The first-order valence-corrected chi connectivity index (χ1v) is 12.6. The van der Waals surface area contributed by atoms with Crippen molar-refractivity contribution >= 4 is 56.4 Å². The Bertz CT molecular complexity index is 1260. The average molecular weight is 508 g/mol. The van der Waals surface area contributed by atoms with Crippen LogP contribution in [0.3, 0.4) is 0 Å². The maximum absolute atomic E-state index is 12.7. The zero-order chi connectivity index (χ0) is 24.2. The van der Waals surface area contributed by atoms with Crippen molar-refractivity contribution < 1.29 is 27.2 Å². The second-order valence-corrected chi connectivity index (χ2v) is 10.4. The lowest BCUT2D eigenvalue weighted by Crippen LogP contribution is -2.33. The van der Waals surface area contributed by atoms with E-state index in [2.05, 4.69) is 0 Å². The molecule has 172 valence electrons. The Morgan fingerprint density at radius 3 is 2.58 bits per heavy atom. The van der Waals surface area contributed by atoms with Crippen LogP contribution in [0.5, 0.6) is 0 Å². The third-order valence-corrected chi connectivity index (χ3v) is 6.98. The molecule has 3 rings (SSSR count). The Labute approximate surface area is 199 Å². The number of ketones is 1. The van der Waals surface area contributed by atoms with E-state index in [0.717, 1.165) is 15.5 Å². The quantitative estimate of drug-likeness (QED) is 0.372. The van der Waals surface area contributed by atoms with Gasteiger partial charge in [-0.2, -0.15) is 9.57 Å². The van der Waals surface area contributed by atoms with Gasteiger partial charge in [0.1, 0.15) is 11.5 Å². The van der Waals surface area contributed by atoms with Gasteiger partial charge in [-0.05, 0) is 48.2 Å². The molecule has 12 heteroatoms. The minimum atomic E-state index is -3.55. The van der Waals surface area contributed by atoms with E-state index in [1.165, 1.54) is 24.3 Å². The molecule has 1 aliphatic heterocycles. The number of halogens is 1. The molecule has 0 saturated carbocycles. The topological polar surface area (TPSA) is 129 Å². The highest BCUT2D eigenvalue weighted by Gasteiger charge is 2.36. The van der Waals surface area contributed by atoms with Gasteiger partial charge in [0.05, 0.1) is 30.3 Å². The van der Waals surface area contributed by atoms with Crippen molar-refractivity contribution in [3.63, 3.8) is 0 Å². The van der Waals surface area contributed by atoms with Crippen LogP contribution in [0.2, 0.25) is 5.02 Å². The first-order chi connectivity index (χ1) is 15.6. The number of benzene rings is 1. The maximum atomic E-state index is 12.7. The molecule has 0 aliphatic carbocycles. The van der Waals surface area contributed by atoms with E-state index in [4.69, 9.17) is 21.3 Å². The maximum Gasteiger partial charge on any atom is 0.293 e. The lowest BCUT2D eigenvalue weighted by atomic mass is 10.1. The number of sulfonamides is 1. The summed E-state index contributed by atoms with van der Waals surface area (Å²) >= 11 is 6.49. The predicted octanol–water partition coefficient (Wildman–Crippen LogP) is 3.53. The minimum Gasteiger partial charge on any atom is -0.460 e. The summed E-state index contributed by atoms with van der Waals surface area (Å²) in [6.45, 7) is -0.466. The van der Waals surface area contributed by atoms with Gasteiger partial charge in [0.15, 0.2) is 5.78 Å². The van der Waals surface area contributed by atoms with Crippen LogP contribution >= 0.6 is 23.4 Å². The molecule has 1 aromatic heterocycles. The van der Waals surface area contributed by atoms with E-state index in [0.29, 0.717) is 28.1 Å². The molecular formula is C21H18ClN3O6S2. The Kier molecular flexibility index (Phi) is 7.76. The SMILES string of the molecule is CS(=O)(=O)N(CCC#N)Cc1ccc(/C=C2\SC(=O)N(CC(=O)c3ccc(Cl)cc3)C2=O)o1. The zero-order valence-electron chi connectivity index (χ0n) is 17.4. The molecule has 9 nitrogen and oxygen atoms in total. The molecule has 2 heterocycles. The summed E-state index contributed by atoms with van der Waals surface area (Å²) < 4.78 is 30.5. The molecule has 0 spiro atoms. The van der Waals surface area contributed by atoms with Gasteiger partial charge in [0.25, 0.3) is 11.1 Å². The third kappa shape index (κ3) is 6.33. The first-order valence-electron chi connectivity index (χ1n) is 9.53. The second kappa shape index (κ2) is 10.4. The molecule has 2 aromatic rings. The Balaban J connectivity index is 1.70. The monoisotopic (exact) mass is 507 g/mol. The van der Waals surface area contributed by atoms with Crippen LogP contribution in [0.4, 0.5) is 4.79 Å². The zero-order valence-corrected chi connectivity index (χ0v) is 19.7. The smallest absolute Gasteiger partial charge is 0.293 e. The molecule has 0 N–H and O–H groups in total. The molecule has 33 heavy (non-hydrogen) atoms. The number of furan rings is 1. The van der Waals surface area contributed by atoms with Gasteiger partial charge < -0.3 is 4.42 Å². The van der Waals surface area contributed by atoms with E-state index in [1.54, 1.807) is 18.2 Å². The second-order valence-electron chi connectivity index (χ2n) is 7.01. The molecule has 2 amide bonds. The van der Waals surface area contributed by atoms with Crippen molar-refractivity contribution in [1.82, 2.24) is 9.21 Å². The van der Waals surface area contributed by atoms with Crippen molar-refractivity contribution in [2.75, 3.05) is 19.3 Å². The van der Waals surface area contributed by atoms with Gasteiger partial charge in [0, 0.05) is 29.6 Å². The number of Topliss-reactive ketones (excluding diaryl/α,β-unsaturated/α-hetero) is 1. The molecule has 0 radical (unpaired) electrons. The van der Waals surface area contributed by atoms with Crippen LogP contribution in [0.25, 0.3) is 6.08 Å². The summed E-state index contributed by atoms with van der Waals surface area (Å²) in [5.74, 6) is -0.485. The molecule has 0 atom stereocenters. The third-order valence-electron chi connectivity index (χ3n) is 4.57. The summed E-state index contributed by atoms with van der Waals surface area (Å²) in [7, 11) is -3.55. The molecule has 0 unspecified atom stereocenters. The number of nitrogens with zero attached hydrogens (tertiary/aromatic N) is 3.